The first-order valence-corrected chi connectivity index (χ1v) is 16.2. The predicted molar refractivity (Wildman–Crippen MR) is 183 cm³/mol. The van der Waals surface area contributed by atoms with E-state index < -0.39 is 23.6 Å². The van der Waals surface area contributed by atoms with E-state index in [9.17, 15) is 14.4 Å². The lowest BCUT2D eigenvalue weighted by molar-refractivity contribution is -0.170. The van der Waals surface area contributed by atoms with Gasteiger partial charge < -0.3 is 14.8 Å². The minimum Gasteiger partial charge on any atom is -0.463 e. The van der Waals surface area contributed by atoms with Crippen molar-refractivity contribution in [3.63, 3.8) is 0 Å². The van der Waals surface area contributed by atoms with Gasteiger partial charge in [0.15, 0.2) is 6.23 Å². The van der Waals surface area contributed by atoms with Gasteiger partial charge in [-0.2, -0.15) is 4.98 Å². The Kier molecular flexibility index (Phi) is 10.2. The van der Waals surface area contributed by atoms with Gasteiger partial charge in [-0.25, -0.2) is 4.79 Å². The minimum absolute atomic E-state index is 0.0215. The van der Waals surface area contributed by atoms with Gasteiger partial charge in [-0.3, -0.25) is 19.1 Å². The van der Waals surface area contributed by atoms with Crippen LogP contribution in [0, 0.1) is 0 Å². The molecule has 9 nitrogen and oxygen atoms in total. The van der Waals surface area contributed by atoms with E-state index in [-0.39, 0.29) is 24.3 Å². The lowest BCUT2D eigenvalue weighted by Crippen LogP contribution is -2.58. The maximum atomic E-state index is 13.6. The summed E-state index contributed by atoms with van der Waals surface area (Å²) in [6, 6.07) is 41.1. The zero-order chi connectivity index (χ0) is 33.3. The van der Waals surface area contributed by atoms with Gasteiger partial charge in [0.25, 0.3) is 5.91 Å². The predicted octanol–water partition coefficient (Wildman–Crippen LogP) is 6.03. The summed E-state index contributed by atoms with van der Waals surface area (Å²) in [6.07, 6.45) is 1.21. The van der Waals surface area contributed by atoms with E-state index in [4.69, 9.17) is 9.47 Å². The second kappa shape index (κ2) is 15.0. The van der Waals surface area contributed by atoms with Crippen LogP contribution in [-0.4, -0.2) is 52.1 Å². The SMILES string of the molecule is CCCC(=O)OC[C@@H]1CN(C(c2ccccc2)(c2ccccc2)c2ccccc2)C[C@H](n2ccc(NC(=O)c3ccccc3)nc2=O)O1. The molecule has 0 spiro atoms. The molecule has 244 valence electrons. The number of esters is 1. The zero-order valence-electron chi connectivity index (χ0n) is 26.8. The van der Waals surface area contributed by atoms with Crippen LogP contribution in [0.5, 0.6) is 0 Å². The van der Waals surface area contributed by atoms with Crippen LogP contribution in [0.2, 0.25) is 0 Å². The fourth-order valence-electron chi connectivity index (χ4n) is 6.36. The van der Waals surface area contributed by atoms with Crippen LogP contribution in [0.3, 0.4) is 0 Å². The number of rotatable bonds is 11. The quantitative estimate of drug-likeness (QED) is 0.139. The van der Waals surface area contributed by atoms with Crippen LogP contribution in [0.25, 0.3) is 0 Å². The van der Waals surface area contributed by atoms with Gasteiger partial charge in [-0.15, -0.1) is 0 Å². The monoisotopic (exact) mass is 642 g/mol. The Bertz CT molecular complexity index is 1770. The lowest BCUT2D eigenvalue weighted by Gasteiger charge is -2.50. The normalized spacial score (nSPS) is 16.6. The number of amides is 1. The van der Waals surface area contributed by atoms with Crippen molar-refractivity contribution in [2.24, 2.45) is 0 Å². The molecule has 0 bridgehead atoms. The van der Waals surface area contributed by atoms with Crippen molar-refractivity contribution in [3.05, 3.63) is 166 Å². The lowest BCUT2D eigenvalue weighted by atomic mass is 9.75. The number of aromatic nitrogens is 2. The van der Waals surface area contributed by atoms with Crippen LogP contribution >= 0.6 is 0 Å². The third-order valence-corrected chi connectivity index (χ3v) is 8.50. The summed E-state index contributed by atoms with van der Waals surface area (Å²) in [5, 5.41) is 2.71. The fourth-order valence-corrected chi connectivity index (χ4v) is 6.36. The summed E-state index contributed by atoms with van der Waals surface area (Å²) in [6.45, 7) is 2.65. The maximum Gasteiger partial charge on any atom is 0.351 e. The average Bonchev–Trinajstić information content (AvgIpc) is 3.13. The van der Waals surface area contributed by atoms with Crippen molar-refractivity contribution in [2.75, 3.05) is 25.0 Å². The second-order valence-corrected chi connectivity index (χ2v) is 11.7. The molecule has 1 fully saturated rings. The fraction of sp³-hybridized carbons (Fsp3) is 0.231. The number of morpholine rings is 1. The van der Waals surface area contributed by atoms with E-state index in [1.165, 1.54) is 4.57 Å². The Labute approximate surface area is 279 Å². The first-order valence-electron chi connectivity index (χ1n) is 16.2. The highest BCUT2D eigenvalue weighted by molar-refractivity contribution is 6.03. The van der Waals surface area contributed by atoms with Crippen molar-refractivity contribution in [2.45, 2.75) is 37.6 Å². The summed E-state index contributed by atoms with van der Waals surface area (Å²) in [7, 11) is 0. The molecule has 1 aliphatic heterocycles. The summed E-state index contributed by atoms with van der Waals surface area (Å²) in [5.74, 6) is -0.532. The standard InChI is InChI=1S/C39H38N4O5/c1-2-15-36(44)47-28-33-26-42(27-35(48-33)43-25-24-34(41-38(43)46)40-37(45)29-16-7-3-8-17-29)39(30-18-9-4-10-19-30,31-20-11-5-12-21-31)32-22-13-6-14-23-32/h3-14,16-25,33,35H,2,15,26-28H2,1H3,(H,40,41,45,46)/t33-,35+/m0/s1. The molecule has 4 aromatic carbocycles. The Morgan fingerprint density at radius 2 is 1.35 bits per heavy atom. The third-order valence-electron chi connectivity index (χ3n) is 8.50. The van der Waals surface area contributed by atoms with Crippen LogP contribution in [0.15, 0.2) is 138 Å². The van der Waals surface area contributed by atoms with Gasteiger partial charge in [0.1, 0.15) is 18.5 Å². The molecule has 0 radical (unpaired) electrons. The zero-order valence-corrected chi connectivity index (χ0v) is 26.8. The Hall–Kier alpha value is -5.38. The largest absolute Gasteiger partial charge is 0.463 e. The number of carbonyl (C=O) groups excluding carboxylic acids is 2. The van der Waals surface area contributed by atoms with Gasteiger partial charge >= 0.3 is 11.7 Å². The van der Waals surface area contributed by atoms with E-state index in [2.05, 4.69) is 51.6 Å². The van der Waals surface area contributed by atoms with Crippen molar-refractivity contribution < 1.29 is 19.1 Å². The molecule has 1 saturated heterocycles. The molecule has 6 rings (SSSR count). The van der Waals surface area contributed by atoms with Crippen molar-refractivity contribution in [3.8, 4) is 0 Å². The number of nitrogens with zero attached hydrogens (tertiary/aromatic N) is 3. The molecule has 1 amide bonds. The molecule has 0 saturated carbocycles. The number of hydrogen-bond donors (Lipinski definition) is 1. The van der Waals surface area contributed by atoms with Gasteiger partial charge in [0.05, 0.1) is 5.54 Å². The van der Waals surface area contributed by atoms with Crippen LogP contribution in [0.4, 0.5) is 5.82 Å². The number of ether oxygens (including phenoxy) is 2. The summed E-state index contributed by atoms with van der Waals surface area (Å²) in [5.41, 5.74) is 2.18. The smallest absolute Gasteiger partial charge is 0.351 e. The topological polar surface area (TPSA) is 103 Å². The summed E-state index contributed by atoms with van der Waals surface area (Å²) < 4.78 is 13.6. The van der Waals surface area contributed by atoms with Crippen molar-refractivity contribution >= 4 is 17.7 Å². The van der Waals surface area contributed by atoms with Gasteiger partial charge in [-0.05, 0) is 41.3 Å². The van der Waals surface area contributed by atoms with Gasteiger partial charge in [0, 0.05) is 31.3 Å². The number of anilines is 1. The Balaban J connectivity index is 1.42. The summed E-state index contributed by atoms with van der Waals surface area (Å²) in [4.78, 5) is 45.3. The summed E-state index contributed by atoms with van der Waals surface area (Å²) >= 11 is 0. The Morgan fingerprint density at radius 3 is 1.88 bits per heavy atom. The van der Waals surface area contributed by atoms with Crippen molar-refractivity contribution in [1.29, 1.82) is 0 Å². The molecule has 2 heterocycles. The first-order chi connectivity index (χ1) is 23.5. The number of hydrogen-bond acceptors (Lipinski definition) is 7. The van der Waals surface area contributed by atoms with Crippen LogP contribution < -0.4 is 11.0 Å². The van der Waals surface area contributed by atoms with E-state index >= 15 is 0 Å². The van der Waals surface area contributed by atoms with E-state index in [1.54, 1.807) is 36.5 Å². The minimum atomic E-state index is -0.794. The molecule has 5 aromatic rings. The molecule has 48 heavy (non-hydrogen) atoms. The highest BCUT2D eigenvalue weighted by Crippen LogP contribution is 2.44. The molecular formula is C39H38N4O5. The molecule has 0 unspecified atom stereocenters. The molecule has 1 N–H and O–H groups in total. The molecule has 1 aliphatic rings. The number of carbonyl (C=O) groups is 2. The van der Waals surface area contributed by atoms with Crippen molar-refractivity contribution in [1.82, 2.24) is 14.5 Å². The number of nitrogens with one attached hydrogen (secondary N) is 1. The van der Waals surface area contributed by atoms with E-state index in [0.717, 1.165) is 16.7 Å². The second-order valence-electron chi connectivity index (χ2n) is 11.7. The molecule has 2 atom stereocenters. The first kappa shape index (κ1) is 32.6. The molecule has 0 aliphatic carbocycles. The highest BCUT2D eigenvalue weighted by Gasteiger charge is 2.46. The Morgan fingerprint density at radius 1 is 0.812 bits per heavy atom. The molecule has 1 aromatic heterocycles. The van der Waals surface area contributed by atoms with Gasteiger partial charge in [0.2, 0.25) is 0 Å². The van der Waals surface area contributed by atoms with E-state index in [1.807, 2.05) is 67.6 Å². The average molecular weight is 643 g/mol. The molecule has 9 heteroatoms. The number of benzene rings is 4. The van der Waals surface area contributed by atoms with Crippen LogP contribution in [0.1, 0.15) is 53.0 Å². The highest BCUT2D eigenvalue weighted by atomic mass is 16.6. The van der Waals surface area contributed by atoms with Gasteiger partial charge in [-0.1, -0.05) is 116 Å². The molecular weight excluding hydrogens is 604 g/mol. The third kappa shape index (κ3) is 6.97. The maximum absolute atomic E-state index is 13.6. The van der Waals surface area contributed by atoms with E-state index in [0.29, 0.717) is 31.5 Å². The van der Waals surface area contributed by atoms with Crippen LogP contribution in [-0.2, 0) is 19.8 Å².